The Hall–Kier alpha value is -0.0800. The average molecular weight is 222 g/mol. The van der Waals surface area contributed by atoms with Crippen molar-refractivity contribution >= 4 is 0 Å². The van der Waals surface area contributed by atoms with Gasteiger partial charge in [0.1, 0.15) is 0 Å². The summed E-state index contributed by atoms with van der Waals surface area (Å²) in [5, 5.41) is 3.92. The van der Waals surface area contributed by atoms with Crippen molar-refractivity contribution in [3.8, 4) is 0 Å². The Morgan fingerprint density at radius 1 is 1.06 bits per heavy atom. The van der Waals surface area contributed by atoms with Gasteiger partial charge in [-0.1, -0.05) is 6.42 Å². The third-order valence-electron chi connectivity index (χ3n) is 5.45. The molecule has 1 aliphatic carbocycles. The van der Waals surface area contributed by atoms with Gasteiger partial charge in [0.2, 0.25) is 0 Å². The first-order valence-corrected chi connectivity index (χ1v) is 7.22. The van der Waals surface area contributed by atoms with Gasteiger partial charge in [0.15, 0.2) is 0 Å². The van der Waals surface area contributed by atoms with Gasteiger partial charge < -0.3 is 10.2 Å². The van der Waals surface area contributed by atoms with E-state index in [0.717, 1.165) is 30.1 Å². The lowest BCUT2D eigenvalue weighted by Gasteiger charge is -2.40. The molecule has 2 bridgehead atoms. The number of fused-ring (bicyclic) bond motifs is 2. The van der Waals surface area contributed by atoms with E-state index in [0.29, 0.717) is 0 Å². The van der Waals surface area contributed by atoms with Crippen LogP contribution in [0.3, 0.4) is 0 Å². The second kappa shape index (κ2) is 4.30. The summed E-state index contributed by atoms with van der Waals surface area (Å²) in [7, 11) is 2.33. The molecule has 2 heterocycles. The quantitative estimate of drug-likeness (QED) is 0.789. The molecule has 0 aromatic heterocycles. The van der Waals surface area contributed by atoms with Crippen LogP contribution in [-0.2, 0) is 0 Å². The Kier molecular flexibility index (Phi) is 2.97. The molecule has 0 radical (unpaired) electrons. The highest BCUT2D eigenvalue weighted by Gasteiger charge is 2.39. The maximum Gasteiger partial charge on any atom is 0.0111 e. The van der Waals surface area contributed by atoms with Gasteiger partial charge >= 0.3 is 0 Å². The number of nitrogens with zero attached hydrogens (tertiary/aromatic N) is 1. The van der Waals surface area contributed by atoms with E-state index in [1.165, 1.54) is 44.9 Å². The SMILES string of the molecule is CC(NC1CC2CCC(C1)N2C)C1CCC1. The van der Waals surface area contributed by atoms with Crippen molar-refractivity contribution in [2.45, 2.75) is 76.0 Å². The summed E-state index contributed by atoms with van der Waals surface area (Å²) < 4.78 is 0. The lowest BCUT2D eigenvalue weighted by Crippen LogP contribution is -2.51. The van der Waals surface area contributed by atoms with E-state index >= 15 is 0 Å². The van der Waals surface area contributed by atoms with Crippen molar-refractivity contribution in [3.05, 3.63) is 0 Å². The van der Waals surface area contributed by atoms with Gasteiger partial charge in [-0.3, -0.25) is 0 Å². The Labute approximate surface area is 99.8 Å². The third-order valence-corrected chi connectivity index (χ3v) is 5.45. The molecule has 2 heteroatoms. The van der Waals surface area contributed by atoms with Gasteiger partial charge in [-0.15, -0.1) is 0 Å². The fourth-order valence-electron chi connectivity index (χ4n) is 4.00. The molecule has 1 saturated carbocycles. The van der Waals surface area contributed by atoms with E-state index in [9.17, 15) is 0 Å². The minimum Gasteiger partial charge on any atom is -0.311 e. The van der Waals surface area contributed by atoms with Crippen molar-refractivity contribution in [1.29, 1.82) is 0 Å². The zero-order valence-corrected chi connectivity index (χ0v) is 10.8. The van der Waals surface area contributed by atoms with Crippen LogP contribution >= 0.6 is 0 Å². The van der Waals surface area contributed by atoms with Crippen molar-refractivity contribution in [1.82, 2.24) is 10.2 Å². The summed E-state index contributed by atoms with van der Waals surface area (Å²) in [4.78, 5) is 2.63. The number of rotatable bonds is 3. The predicted octanol–water partition coefficient (Wildman–Crippen LogP) is 2.39. The van der Waals surface area contributed by atoms with Gasteiger partial charge in [0.05, 0.1) is 0 Å². The van der Waals surface area contributed by atoms with Gasteiger partial charge in [0, 0.05) is 24.2 Å². The molecule has 2 aliphatic heterocycles. The summed E-state index contributed by atoms with van der Waals surface area (Å²) >= 11 is 0. The van der Waals surface area contributed by atoms with Crippen LogP contribution in [-0.4, -0.2) is 36.1 Å². The monoisotopic (exact) mass is 222 g/mol. The molecular weight excluding hydrogens is 196 g/mol. The summed E-state index contributed by atoms with van der Waals surface area (Å²) in [6.45, 7) is 2.41. The summed E-state index contributed by atoms with van der Waals surface area (Å²) in [6, 6.07) is 3.33. The summed E-state index contributed by atoms with van der Waals surface area (Å²) in [6.07, 6.45) is 10.1. The van der Waals surface area contributed by atoms with Crippen molar-refractivity contribution in [2.24, 2.45) is 5.92 Å². The Bertz CT molecular complexity index is 235. The molecule has 0 amide bonds. The van der Waals surface area contributed by atoms with Crippen molar-refractivity contribution < 1.29 is 0 Å². The average Bonchev–Trinajstić information content (AvgIpc) is 2.42. The second-order valence-electron chi connectivity index (χ2n) is 6.37. The molecule has 3 fully saturated rings. The molecule has 92 valence electrons. The fraction of sp³-hybridized carbons (Fsp3) is 1.00. The molecule has 3 atom stereocenters. The van der Waals surface area contributed by atoms with Crippen LogP contribution in [0, 0.1) is 5.92 Å². The van der Waals surface area contributed by atoms with Gasteiger partial charge in [-0.25, -0.2) is 0 Å². The maximum absolute atomic E-state index is 3.92. The van der Waals surface area contributed by atoms with Crippen LogP contribution in [0.1, 0.15) is 51.9 Å². The molecule has 3 aliphatic rings. The largest absolute Gasteiger partial charge is 0.311 e. The van der Waals surface area contributed by atoms with E-state index < -0.39 is 0 Å². The molecule has 2 nitrogen and oxygen atoms in total. The maximum atomic E-state index is 3.92. The number of piperidine rings is 1. The zero-order valence-electron chi connectivity index (χ0n) is 10.8. The zero-order chi connectivity index (χ0) is 11.1. The summed E-state index contributed by atoms with van der Waals surface area (Å²) in [5.41, 5.74) is 0. The molecule has 3 unspecified atom stereocenters. The highest BCUT2D eigenvalue weighted by molar-refractivity contribution is 4.97. The fourth-order valence-corrected chi connectivity index (χ4v) is 4.00. The Balaban J connectivity index is 1.53. The molecular formula is C14H26N2. The van der Waals surface area contributed by atoms with Crippen molar-refractivity contribution in [3.63, 3.8) is 0 Å². The third kappa shape index (κ3) is 1.91. The Morgan fingerprint density at radius 2 is 1.69 bits per heavy atom. The lowest BCUT2D eigenvalue weighted by atomic mass is 9.80. The van der Waals surface area contributed by atoms with Crippen LogP contribution in [0.2, 0.25) is 0 Å². The molecule has 0 aromatic rings. The van der Waals surface area contributed by atoms with Crippen LogP contribution in [0.4, 0.5) is 0 Å². The molecule has 1 N–H and O–H groups in total. The molecule has 0 aromatic carbocycles. The van der Waals surface area contributed by atoms with Gasteiger partial charge in [0.25, 0.3) is 0 Å². The van der Waals surface area contributed by atoms with Crippen LogP contribution < -0.4 is 5.32 Å². The Morgan fingerprint density at radius 3 is 2.19 bits per heavy atom. The standard InChI is InChI=1S/C14H26N2/c1-10(11-4-3-5-11)15-12-8-13-6-7-14(9-12)16(13)2/h10-15H,3-9H2,1-2H3. The minimum atomic E-state index is 0.765. The van der Waals surface area contributed by atoms with Gasteiger partial charge in [-0.05, 0) is 58.4 Å². The second-order valence-corrected chi connectivity index (χ2v) is 6.37. The van der Waals surface area contributed by atoms with Gasteiger partial charge in [-0.2, -0.15) is 0 Å². The molecule has 2 saturated heterocycles. The van der Waals surface area contributed by atoms with E-state index in [4.69, 9.17) is 0 Å². The van der Waals surface area contributed by atoms with E-state index in [1.807, 2.05) is 0 Å². The van der Waals surface area contributed by atoms with Crippen LogP contribution in [0.15, 0.2) is 0 Å². The highest BCUT2D eigenvalue weighted by Crippen LogP contribution is 2.35. The van der Waals surface area contributed by atoms with Crippen LogP contribution in [0.25, 0.3) is 0 Å². The summed E-state index contributed by atoms with van der Waals surface area (Å²) in [5.74, 6) is 0.984. The van der Waals surface area contributed by atoms with Crippen molar-refractivity contribution in [2.75, 3.05) is 7.05 Å². The highest BCUT2D eigenvalue weighted by atomic mass is 15.2. The first-order chi connectivity index (χ1) is 7.74. The smallest absolute Gasteiger partial charge is 0.0111 e. The molecule has 3 rings (SSSR count). The van der Waals surface area contributed by atoms with E-state index in [1.54, 1.807) is 0 Å². The lowest BCUT2D eigenvalue weighted by molar-refractivity contribution is 0.129. The molecule has 0 spiro atoms. The minimum absolute atomic E-state index is 0.765. The number of hydrogen-bond acceptors (Lipinski definition) is 2. The first kappa shape index (κ1) is 11.0. The number of nitrogens with one attached hydrogen (secondary N) is 1. The molecule has 16 heavy (non-hydrogen) atoms. The topological polar surface area (TPSA) is 15.3 Å². The van der Waals surface area contributed by atoms with Crippen LogP contribution in [0.5, 0.6) is 0 Å². The van der Waals surface area contributed by atoms with E-state index in [2.05, 4.69) is 24.2 Å². The first-order valence-electron chi connectivity index (χ1n) is 7.22. The number of hydrogen-bond donors (Lipinski definition) is 1. The normalized spacial score (nSPS) is 42.0. The predicted molar refractivity (Wildman–Crippen MR) is 67.5 cm³/mol. The van der Waals surface area contributed by atoms with E-state index in [-0.39, 0.29) is 0 Å².